The Bertz CT molecular complexity index is 562. The van der Waals surface area contributed by atoms with Crippen molar-refractivity contribution in [2.24, 2.45) is 0 Å². The largest absolute Gasteiger partial charge is 0.456 e. The number of ketones is 2. The van der Waals surface area contributed by atoms with Crippen molar-refractivity contribution < 1.29 is 44.0 Å². The Balaban J connectivity index is 3.60. The minimum absolute atomic E-state index is 0.785. The number of ether oxygens (including phenoxy) is 2. The van der Waals surface area contributed by atoms with Crippen LogP contribution in [0.15, 0.2) is 0 Å². The first-order valence-corrected chi connectivity index (χ1v) is 7.11. The SMILES string of the molecule is CC(=O)N[C@H]1C(O)(C(C)=O)O[C@H](CO)[C@H](OC(C)=O)[C@@]1(O)C(C)=O. The fourth-order valence-electron chi connectivity index (χ4n) is 2.69. The van der Waals surface area contributed by atoms with Gasteiger partial charge in [-0.25, -0.2) is 0 Å². The summed E-state index contributed by atoms with van der Waals surface area (Å²) in [5.74, 6) is -6.53. The summed E-state index contributed by atoms with van der Waals surface area (Å²) < 4.78 is 10.00. The van der Waals surface area contributed by atoms with E-state index in [0.29, 0.717) is 0 Å². The number of hydrogen-bond donors (Lipinski definition) is 4. The van der Waals surface area contributed by atoms with Gasteiger partial charge in [0, 0.05) is 20.8 Å². The third-order valence-corrected chi connectivity index (χ3v) is 3.82. The molecule has 0 aromatic heterocycles. The van der Waals surface area contributed by atoms with Crippen molar-refractivity contribution >= 4 is 23.4 Å². The lowest BCUT2D eigenvalue weighted by Gasteiger charge is -2.52. The summed E-state index contributed by atoms with van der Waals surface area (Å²) in [5, 5.41) is 33.0. The second kappa shape index (κ2) is 6.93. The maximum absolute atomic E-state index is 12.1. The van der Waals surface area contributed by atoms with E-state index in [1.54, 1.807) is 0 Å². The molecule has 4 N–H and O–H groups in total. The van der Waals surface area contributed by atoms with Crippen LogP contribution in [0.1, 0.15) is 27.7 Å². The van der Waals surface area contributed by atoms with E-state index in [2.05, 4.69) is 5.32 Å². The van der Waals surface area contributed by atoms with Crippen molar-refractivity contribution in [3.05, 3.63) is 0 Å². The maximum Gasteiger partial charge on any atom is 0.303 e. The highest BCUT2D eigenvalue weighted by molar-refractivity contribution is 5.93. The van der Waals surface area contributed by atoms with Crippen molar-refractivity contribution in [3.63, 3.8) is 0 Å². The van der Waals surface area contributed by atoms with Crippen molar-refractivity contribution in [1.82, 2.24) is 5.32 Å². The average molecular weight is 347 g/mol. The zero-order valence-corrected chi connectivity index (χ0v) is 13.7. The Morgan fingerprint density at radius 2 is 1.62 bits per heavy atom. The van der Waals surface area contributed by atoms with E-state index in [1.807, 2.05) is 0 Å². The molecule has 1 unspecified atom stereocenters. The molecule has 0 spiro atoms. The number of hydrogen-bond acceptors (Lipinski definition) is 9. The van der Waals surface area contributed by atoms with E-state index < -0.39 is 59.7 Å². The van der Waals surface area contributed by atoms with E-state index in [0.717, 1.165) is 27.7 Å². The maximum atomic E-state index is 12.1. The lowest BCUT2D eigenvalue weighted by atomic mass is 9.74. The Kier molecular flexibility index (Phi) is 5.82. The van der Waals surface area contributed by atoms with Gasteiger partial charge >= 0.3 is 5.97 Å². The number of nitrogens with one attached hydrogen (secondary N) is 1. The molecule has 0 aliphatic carbocycles. The van der Waals surface area contributed by atoms with Crippen LogP contribution in [0.4, 0.5) is 0 Å². The molecule has 0 aromatic carbocycles. The lowest BCUT2D eigenvalue weighted by molar-refractivity contribution is -0.319. The first-order chi connectivity index (χ1) is 10.9. The number of carbonyl (C=O) groups excluding carboxylic acids is 4. The van der Waals surface area contributed by atoms with Crippen LogP contribution < -0.4 is 5.32 Å². The molecule has 0 bridgehead atoms. The zero-order valence-electron chi connectivity index (χ0n) is 13.7. The van der Waals surface area contributed by atoms with Crippen molar-refractivity contribution in [1.29, 1.82) is 0 Å². The molecule has 1 aliphatic rings. The van der Waals surface area contributed by atoms with Gasteiger partial charge in [0.05, 0.1) is 6.61 Å². The summed E-state index contributed by atoms with van der Waals surface area (Å²) in [6.07, 6.45) is -3.34. The molecule has 1 heterocycles. The summed E-state index contributed by atoms with van der Waals surface area (Å²) >= 11 is 0. The number of carbonyl (C=O) groups is 4. The number of aliphatic hydroxyl groups excluding tert-OH is 1. The molecule has 0 radical (unpaired) electrons. The van der Waals surface area contributed by atoms with Crippen LogP contribution >= 0.6 is 0 Å². The molecule has 1 saturated heterocycles. The molecule has 10 nitrogen and oxygen atoms in total. The Morgan fingerprint density at radius 1 is 1.08 bits per heavy atom. The van der Waals surface area contributed by atoms with Gasteiger partial charge in [-0.05, 0) is 6.92 Å². The molecule has 5 atom stereocenters. The summed E-state index contributed by atoms with van der Waals surface area (Å²) in [6, 6.07) is -1.95. The predicted octanol–water partition coefficient (Wildman–Crippen LogP) is -2.59. The van der Waals surface area contributed by atoms with Crippen molar-refractivity contribution in [2.45, 2.75) is 57.3 Å². The second-order valence-corrected chi connectivity index (χ2v) is 5.64. The number of rotatable bonds is 5. The number of Topliss-reactive ketones (excluding diaryl/α,β-unsaturated/α-hetero) is 2. The fourth-order valence-corrected chi connectivity index (χ4v) is 2.69. The van der Waals surface area contributed by atoms with Gasteiger partial charge in [-0.2, -0.15) is 0 Å². The molecular formula is C14H21NO9. The smallest absolute Gasteiger partial charge is 0.303 e. The third kappa shape index (κ3) is 3.31. The highest BCUT2D eigenvalue weighted by Crippen LogP contribution is 2.38. The van der Waals surface area contributed by atoms with Gasteiger partial charge in [-0.15, -0.1) is 0 Å². The molecule has 1 amide bonds. The van der Waals surface area contributed by atoms with Crippen LogP contribution in [-0.4, -0.2) is 75.0 Å². The Labute approximate surface area is 137 Å². The van der Waals surface area contributed by atoms with Gasteiger partial charge in [0.2, 0.25) is 5.91 Å². The minimum Gasteiger partial charge on any atom is -0.456 e. The number of amides is 1. The fraction of sp³-hybridized carbons (Fsp3) is 0.714. The first kappa shape index (κ1) is 20.2. The number of aliphatic hydroxyl groups is 3. The summed E-state index contributed by atoms with van der Waals surface area (Å²) in [5.41, 5.74) is -2.70. The number of esters is 1. The Morgan fingerprint density at radius 3 is 1.96 bits per heavy atom. The molecule has 1 rings (SSSR count). The molecule has 0 aromatic rings. The molecule has 24 heavy (non-hydrogen) atoms. The van der Waals surface area contributed by atoms with E-state index in [-0.39, 0.29) is 0 Å². The van der Waals surface area contributed by atoms with Gasteiger partial charge in [0.15, 0.2) is 23.3 Å². The van der Waals surface area contributed by atoms with Crippen LogP contribution in [0, 0.1) is 0 Å². The lowest BCUT2D eigenvalue weighted by Crippen LogP contribution is -2.80. The normalized spacial score (nSPS) is 35.9. The van der Waals surface area contributed by atoms with E-state index in [1.165, 1.54) is 0 Å². The predicted molar refractivity (Wildman–Crippen MR) is 76.4 cm³/mol. The van der Waals surface area contributed by atoms with Gasteiger partial charge in [0.25, 0.3) is 5.79 Å². The van der Waals surface area contributed by atoms with E-state index >= 15 is 0 Å². The van der Waals surface area contributed by atoms with Crippen molar-refractivity contribution in [3.8, 4) is 0 Å². The van der Waals surface area contributed by atoms with Gasteiger partial charge in [-0.1, -0.05) is 0 Å². The van der Waals surface area contributed by atoms with Crippen LogP contribution in [0.25, 0.3) is 0 Å². The molecule has 1 fully saturated rings. The van der Waals surface area contributed by atoms with Gasteiger partial charge in [-0.3, -0.25) is 19.2 Å². The molecule has 0 saturated carbocycles. The zero-order chi connectivity index (χ0) is 18.9. The topological polar surface area (TPSA) is 159 Å². The second-order valence-electron chi connectivity index (χ2n) is 5.64. The highest BCUT2D eigenvalue weighted by atomic mass is 16.7. The van der Waals surface area contributed by atoms with Crippen LogP contribution in [0.2, 0.25) is 0 Å². The Hall–Kier alpha value is -1.88. The third-order valence-electron chi connectivity index (χ3n) is 3.82. The molecule has 1 aliphatic heterocycles. The molecule has 10 heteroatoms. The molecular weight excluding hydrogens is 326 g/mol. The highest BCUT2D eigenvalue weighted by Gasteiger charge is 2.68. The summed E-state index contributed by atoms with van der Waals surface area (Å²) in [6.45, 7) is 2.98. The van der Waals surface area contributed by atoms with Crippen LogP contribution in [0.5, 0.6) is 0 Å². The minimum atomic E-state index is -2.81. The standard InChI is InChI=1S/C14H21NO9/c1-6(17)13(21)11(23-9(4)20)10(5-16)24-14(22,7(2)18)12(13)15-8(3)19/h10-12,16,21-22H,5H2,1-4H3,(H,15,19)/t10-,11+,12-,13+,14?/m1/s1. The van der Waals surface area contributed by atoms with Crippen LogP contribution in [0.3, 0.4) is 0 Å². The molecule has 136 valence electrons. The van der Waals surface area contributed by atoms with E-state index in [4.69, 9.17) is 9.47 Å². The van der Waals surface area contributed by atoms with Gasteiger partial charge in [0.1, 0.15) is 12.1 Å². The monoisotopic (exact) mass is 347 g/mol. The summed E-state index contributed by atoms with van der Waals surface area (Å²) in [7, 11) is 0. The first-order valence-electron chi connectivity index (χ1n) is 7.11. The quantitative estimate of drug-likeness (QED) is 0.391. The van der Waals surface area contributed by atoms with Gasteiger partial charge < -0.3 is 30.1 Å². The van der Waals surface area contributed by atoms with Crippen LogP contribution in [-0.2, 0) is 28.7 Å². The average Bonchev–Trinajstić information content (AvgIpc) is 2.45. The summed E-state index contributed by atoms with van der Waals surface area (Å²) in [4.78, 5) is 46.8. The van der Waals surface area contributed by atoms with Crippen molar-refractivity contribution in [2.75, 3.05) is 6.61 Å². The van der Waals surface area contributed by atoms with E-state index in [9.17, 15) is 34.5 Å².